The third-order valence-corrected chi connectivity index (χ3v) is 3.32. The van der Waals surface area contributed by atoms with Crippen molar-refractivity contribution in [2.75, 3.05) is 26.0 Å². The summed E-state index contributed by atoms with van der Waals surface area (Å²) >= 11 is 1.23. The van der Waals surface area contributed by atoms with Gasteiger partial charge in [-0.25, -0.2) is 4.98 Å². The van der Waals surface area contributed by atoms with Crippen molar-refractivity contribution in [3.05, 3.63) is 10.6 Å². The number of nitrogen functional groups attached to an aromatic ring is 1. The van der Waals surface area contributed by atoms with Crippen LogP contribution in [-0.2, 0) is 4.74 Å². The lowest BCUT2D eigenvalue weighted by Gasteiger charge is -2.03. The number of hydrogen-bond donors (Lipinski definition) is 2. The van der Waals surface area contributed by atoms with Gasteiger partial charge in [-0.2, -0.15) is 0 Å². The average molecular weight is 257 g/mol. The van der Waals surface area contributed by atoms with E-state index in [1.165, 1.54) is 11.3 Å². The van der Waals surface area contributed by atoms with Gasteiger partial charge in [-0.3, -0.25) is 4.79 Å². The van der Waals surface area contributed by atoms with Gasteiger partial charge in [-0.15, -0.1) is 0 Å². The second-order valence-corrected chi connectivity index (χ2v) is 4.81. The van der Waals surface area contributed by atoms with Gasteiger partial charge in [-0.05, 0) is 26.2 Å². The number of amides is 1. The number of aryl methyl sites for hydroxylation is 1. The van der Waals surface area contributed by atoms with Crippen LogP contribution in [0.3, 0.4) is 0 Å². The number of hydrogen-bond acceptors (Lipinski definition) is 5. The van der Waals surface area contributed by atoms with E-state index in [4.69, 9.17) is 10.5 Å². The minimum Gasteiger partial charge on any atom is -0.385 e. The number of carbonyl (C=O) groups is 1. The van der Waals surface area contributed by atoms with E-state index in [0.717, 1.165) is 25.9 Å². The Bertz CT molecular complexity index is 366. The first kappa shape index (κ1) is 13.9. The van der Waals surface area contributed by atoms with Crippen molar-refractivity contribution >= 4 is 22.4 Å². The molecule has 0 saturated carbocycles. The van der Waals surface area contributed by atoms with Gasteiger partial charge in [0.05, 0.1) is 5.69 Å². The number of ether oxygens (including phenoxy) is 1. The topological polar surface area (TPSA) is 77.2 Å². The maximum Gasteiger partial charge on any atom is 0.263 e. The van der Waals surface area contributed by atoms with Crippen molar-refractivity contribution in [1.29, 1.82) is 0 Å². The molecule has 96 valence electrons. The van der Waals surface area contributed by atoms with Crippen LogP contribution in [0.25, 0.3) is 0 Å². The Morgan fingerprint density at radius 2 is 2.24 bits per heavy atom. The smallest absolute Gasteiger partial charge is 0.263 e. The summed E-state index contributed by atoms with van der Waals surface area (Å²) < 4.78 is 4.95. The summed E-state index contributed by atoms with van der Waals surface area (Å²) in [5.74, 6) is -0.0801. The minimum atomic E-state index is -0.0801. The van der Waals surface area contributed by atoms with Crippen LogP contribution in [0.2, 0.25) is 0 Å². The van der Waals surface area contributed by atoms with Crippen LogP contribution in [0.1, 0.15) is 34.6 Å². The summed E-state index contributed by atoms with van der Waals surface area (Å²) in [6.07, 6.45) is 3.04. The number of rotatable bonds is 7. The van der Waals surface area contributed by atoms with E-state index >= 15 is 0 Å². The van der Waals surface area contributed by atoms with E-state index in [1.54, 1.807) is 14.0 Å². The third-order valence-electron chi connectivity index (χ3n) is 2.33. The van der Waals surface area contributed by atoms with Crippen molar-refractivity contribution in [1.82, 2.24) is 10.3 Å². The van der Waals surface area contributed by atoms with Crippen molar-refractivity contribution in [2.45, 2.75) is 26.2 Å². The first-order valence-electron chi connectivity index (χ1n) is 5.65. The molecule has 0 unspecified atom stereocenters. The molecule has 1 aromatic heterocycles. The van der Waals surface area contributed by atoms with Crippen LogP contribution in [-0.4, -0.2) is 31.2 Å². The molecule has 0 atom stereocenters. The molecule has 1 heterocycles. The van der Waals surface area contributed by atoms with Crippen LogP contribution >= 0.6 is 11.3 Å². The first-order valence-corrected chi connectivity index (χ1v) is 6.47. The maximum atomic E-state index is 11.7. The Hall–Kier alpha value is -1.14. The van der Waals surface area contributed by atoms with Crippen molar-refractivity contribution in [2.24, 2.45) is 0 Å². The molecule has 0 saturated heterocycles. The zero-order valence-electron chi connectivity index (χ0n) is 10.3. The van der Waals surface area contributed by atoms with Gasteiger partial charge in [0.15, 0.2) is 5.13 Å². The lowest BCUT2D eigenvalue weighted by atomic mass is 10.2. The van der Waals surface area contributed by atoms with Crippen LogP contribution < -0.4 is 11.1 Å². The van der Waals surface area contributed by atoms with Gasteiger partial charge < -0.3 is 15.8 Å². The number of thiazole rings is 1. The molecule has 0 fully saturated rings. The predicted molar refractivity (Wildman–Crippen MR) is 69.3 cm³/mol. The summed E-state index contributed by atoms with van der Waals surface area (Å²) in [5.41, 5.74) is 6.24. The molecular formula is C11H19N3O2S. The highest BCUT2D eigenvalue weighted by Crippen LogP contribution is 2.19. The van der Waals surface area contributed by atoms with Crippen LogP contribution in [0.4, 0.5) is 5.13 Å². The molecule has 0 aliphatic heterocycles. The molecule has 0 aliphatic rings. The predicted octanol–water partition coefficient (Wildman–Crippen LogP) is 1.58. The van der Waals surface area contributed by atoms with Gasteiger partial charge in [0.1, 0.15) is 4.88 Å². The van der Waals surface area contributed by atoms with Gasteiger partial charge >= 0.3 is 0 Å². The van der Waals surface area contributed by atoms with Crippen LogP contribution in [0.5, 0.6) is 0 Å². The highest BCUT2D eigenvalue weighted by atomic mass is 32.1. The minimum absolute atomic E-state index is 0.0801. The molecular weight excluding hydrogens is 238 g/mol. The fourth-order valence-corrected chi connectivity index (χ4v) is 2.21. The maximum absolute atomic E-state index is 11.7. The molecule has 5 nitrogen and oxygen atoms in total. The van der Waals surface area contributed by atoms with Crippen LogP contribution in [0, 0.1) is 6.92 Å². The molecule has 1 rings (SSSR count). The van der Waals surface area contributed by atoms with E-state index in [-0.39, 0.29) is 5.91 Å². The number of carbonyl (C=O) groups excluding carboxylic acids is 1. The van der Waals surface area contributed by atoms with Crippen molar-refractivity contribution in [3.63, 3.8) is 0 Å². The molecule has 3 N–H and O–H groups in total. The van der Waals surface area contributed by atoms with Crippen LogP contribution in [0.15, 0.2) is 0 Å². The quantitative estimate of drug-likeness (QED) is 0.727. The zero-order chi connectivity index (χ0) is 12.7. The lowest BCUT2D eigenvalue weighted by Crippen LogP contribution is -2.24. The van der Waals surface area contributed by atoms with Gasteiger partial charge in [-0.1, -0.05) is 11.3 Å². The molecule has 0 spiro atoms. The number of nitrogens with zero attached hydrogens (tertiary/aromatic N) is 1. The SMILES string of the molecule is COCCCCCNC(=O)c1sc(N)nc1C. The number of unbranched alkanes of at least 4 members (excludes halogenated alkanes) is 2. The van der Waals surface area contributed by atoms with E-state index in [2.05, 4.69) is 10.3 Å². The highest BCUT2D eigenvalue weighted by molar-refractivity contribution is 7.17. The molecule has 0 bridgehead atoms. The molecule has 0 aliphatic carbocycles. The summed E-state index contributed by atoms with van der Waals surface area (Å²) in [4.78, 5) is 16.4. The standard InChI is InChI=1S/C11H19N3O2S/c1-8-9(17-11(12)14-8)10(15)13-6-4-3-5-7-16-2/h3-7H2,1-2H3,(H2,12,14)(H,13,15). The molecule has 0 aromatic carbocycles. The third kappa shape index (κ3) is 4.70. The number of nitrogens with one attached hydrogen (secondary N) is 1. The van der Waals surface area contributed by atoms with E-state index < -0.39 is 0 Å². The zero-order valence-corrected chi connectivity index (χ0v) is 11.1. The van der Waals surface area contributed by atoms with Crippen molar-refractivity contribution < 1.29 is 9.53 Å². The summed E-state index contributed by atoms with van der Waals surface area (Å²) in [5, 5.41) is 3.30. The van der Waals surface area contributed by atoms with E-state index in [1.807, 2.05) is 0 Å². The Morgan fingerprint density at radius 3 is 2.82 bits per heavy atom. The summed E-state index contributed by atoms with van der Waals surface area (Å²) in [6.45, 7) is 3.25. The number of anilines is 1. The van der Waals surface area contributed by atoms with E-state index in [0.29, 0.717) is 22.2 Å². The molecule has 17 heavy (non-hydrogen) atoms. The lowest BCUT2D eigenvalue weighted by molar-refractivity contribution is 0.0956. The van der Waals surface area contributed by atoms with Gasteiger partial charge in [0.25, 0.3) is 5.91 Å². The average Bonchev–Trinajstić information content (AvgIpc) is 2.62. The second-order valence-electron chi connectivity index (χ2n) is 3.78. The molecule has 1 aromatic rings. The summed E-state index contributed by atoms with van der Waals surface area (Å²) in [6, 6.07) is 0. The summed E-state index contributed by atoms with van der Waals surface area (Å²) in [7, 11) is 1.69. The fraction of sp³-hybridized carbons (Fsp3) is 0.636. The largest absolute Gasteiger partial charge is 0.385 e. The Labute approximate surface area is 105 Å². The highest BCUT2D eigenvalue weighted by Gasteiger charge is 2.13. The number of nitrogens with two attached hydrogens (primary N) is 1. The Morgan fingerprint density at radius 1 is 1.47 bits per heavy atom. The fourth-order valence-electron chi connectivity index (χ4n) is 1.46. The number of methoxy groups -OCH3 is 1. The normalized spacial score (nSPS) is 10.5. The monoisotopic (exact) mass is 257 g/mol. The number of aromatic nitrogens is 1. The van der Waals surface area contributed by atoms with Gasteiger partial charge in [0, 0.05) is 20.3 Å². The Balaban J connectivity index is 2.23. The second kappa shape index (κ2) is 7.24. The van der Waals surface area contributed by atoms with E-state index in [9.17, 15) is 4.79 Å². The molecule has 0 radical (unpaired) electrons. The Kier molecular flexibility index (Phi) is 5.93. The first-order chi connectivity index (χ1) is 8.15. The van der Waals surface area contributed by atoms with Crippen molar-refractivity contribution in [3.8, 4) is 0 Å². The molecule has 6 heteroatoms. The van der Waals surface area contributed by atoms with Gasteiger partial charge in [0.2, 0.25) is 0 Å². The molecule has 1 amide bonds.